The lowest BCUT2D eigenvalue weighted by Gasteiger charge is -2.04. The number of aliphatic carboxylic acids is 1. The predicted octanol–water partition coefficient (Wildman–Crippen LogP) is 1.41. The van der Waals surface area contributed by atoms with Crippen LogP contribution < -0.4 is 5.32 Å². The summed E-state index contributed by atoms with van der Waals surface area (Å²) in [6, 6.07) is 8.99. The van der Waals surface area contributed by atoms with Crippen molar-refractivity contribution in [3.05, 3.63) is 29.8 Å². The van der Waals surface area contributed by atoms with Gasteiger partial charge >= 0.3 is 5.97 Å². The average molecular weight is 244 g/mol. The van der Waals surface area contributed by atoms with E-state index in [0.29, 0.717) is 18.5 Å². The van der Waals surface area contributed by atoms with Crippen LogP contribution in [0.4, 0.5) is 5.69 Å². The molecule has 0 aliphatic heterocycles. The molecule has 0 spiro atoms. The summed E-state index contributed by atoms with van der Waals surface area (Å²) in [6.07, 6.45) is 0.742. The van der Waals surface area contributed by atoms with Crippen molar-refractivity contribution in [3.63, 3.8) is 0 Å². The second kappa shape index (κ2) is 4.88. The first kappa shape index (κ1) is 12.1. The second-order valence-electron chi connectivity index (χ2n) is 4.31. The number of carbonyl (C=O) groups excluding carboxylic acids is 1. The minimum absolute atomic E-state index is 0.254. The summed E-state index contributed by atoms with van der Waals surface area (Å²) in [6.45, 7) is 0. The quantitative estimate of drug-likeness (QED) is 0.837. The number of nitrogens with zero attached hydrogens (tertiary/aromatic N) is 1. The van der Waals surface area contributed by atoms with Gasteiger partial charge in [-0.15, -0.1) is 0 Å². The number of anilines is 1. The van der Waals surface area contributed by atoms with E-state index in [2.05, 4.69) is 5.32 Å². The number of amides is 1. The van der Waals surface area contributed by atoms with Gasteiger partial charge in [0.15, 0.2) is 0 Å². The Balaban J connectivity index is 1.92. The van der Waals surface area contributed by atoms with Gasteiger partial charge in [-0.1, -0.05) is 12.1 Å². The zero-order valence-corrected chi connectivity index (χ0v) is 9.59. The van der Waals surface area contributed by atoms with Crippen molar-refractivity contribution < 1.29 is 14.7 Å². The van der Waals surface area contributed by atoms with Crippen molar-refractivity contribution in [3.8, 4) is 6.07 Å². The van der Waals surface area contributed by atoms with Gasteiger partial charge in [-0.2, -0.15) is 5.26 Å². The monoisotopic (exact) mass is 244 g/mol. The first-order valence-electron chi connectivity index (χ1n) is 5.61. The summed E-state index contributed by atoms with van der Waals surface area (Å²) in [5.74, 6) is -2.13. The van der Waals surface area contributed by atoms with Gasteiger partial charge in [-0.25, -0.2) is 0 Å². The standard InChI is InChI=1S/C13H12N2O3/c14-6-5-8-1-3-9(4-2-8)15-12(16)10-7-11(10)13(17)18/h1-4,10-11H,5,7H2,(H,15,16)(H,17,18)/t10-,11+/m1/s1. The van der Waals surface area contributed by atoms with Crippen LogP contribution in [0.1, 0.15) is 12.0 Å². The highest BCUT2D eigenvalue weighted by Crippen LogP contribution is 2.39. The van der Waals surface area contributed by atoms with Crippen LogP contribution in [0.5, 0.6) is 0 Å². The van der Waals surface area contributed by atoms with Gasteiger partial charge in [-0.05, 0) is 24.1 Å². The third kappa shape index (κ3) is 2.66. The lowest BCUT2D eigenvalue weighted by Crippen LogP contribution is -2.16. The van der Waals surface area contributed by atoms with E-state index in [9.17, 15) is 9.59 Å². The highest BCUT2D eigenvalue weighted by Gasteiger charge is 2.48. The SMILES string of the molecule is N#CCc1ccc(NC(=O)[C@@H]2C[C@@H]2C(=O)O)cc1. The molecule has 5 heteroatoms. The maximum atomic E-state index is 11.7. The molecular weight excluding hydrogens is 232 g/mol. The minimum atomic E-state index is -0.917. The number of nitrogens with one attached hydrogen (secondary N) is 1. The molecule has 1 fully saturated rings. The zero-order valence-electron chi connectivity index (χ0n) is 9.59. The highest BCUT2D eigenvalue weighted by molar-refractivity contribution is 5.98. The Morgan fingerprint density at radius 1 is 1.33 bits per heavy atom. The van der Waals surface area contributed by atoms with E-state index in [4.69, 9.17) is 10.4 Å². The van der Waals surface area contributed by atoms with Crippen molar-refractivity contribution in [2.75, 3.05) is 5.32 Å². The Morgan fingerprint density at radius 2 is 2.00 bits per heavy atom. The molecule has 1 amide bonds. The topological polar surface area (TPSA) is 90.2 Å². The lowest BCUT2D eigenvalue weighted by atomic mass is 10.1. The van der Waals surface area contributed by atoms with E-state index in [1.807, 2.05) is 6.07 Å². The molecular formula is C13H12N2O3. The fourth-order valence-corrected chi connectivity index (χ4v) is 1.79. The largest absolute Gasteiger partial charge is 0.481 e. The van der Waals surface area contributed by atoms with Gasteiger partial charge < -0.3 is 10.4 Å². The van der Waals surface area contributed by atoms with Crippen molar-refractivity contribution in [1.29, 1.82) is 5.26 Å². The van der Waals surface area contributed by atoms with Crippen molar-refractivity contribution in [2.45, 2.75) is 12.8 Å². The molecule has 0 radical (unpaired) electrons. The molecule has 0 saturated heterocycles. The Hall–Kier alpha value is -2.35. The third-order valence-electron chi connectivity index (χ3n) is 2.95. The Bertz CT molecular complexity index is 516. The van der Waals surface area contributed by atoms with Gasteiger partial charge in [0.05, 0.1) is 24.3 Å². The number of carbonyl (C=O) groups is 2. The second-order valence-corrected chi connectivity index (χ2v) is 4.31. The van der Waals surface area contributed by atoms with E-state index in [-0.39, 0.29) is 5.91 Å². The molecule has 1 aromatic rings. The minimum Gasteiger partial charge on any atom is -0.481 e. The molecule has 1 aliphatic rings. The van der Waals surface area contributed by atoms with Crippen molar-refractivity contribution >= 4 is 17.6 Å². The molecule has 92 valence electrons. The van der Waals surface area contributed by atoms with Crippen LogP contribution >= 0.6 is 0 Å². The van der Waals surface area contributed by atoms with Crippen LogP contribution in [0.15, 0.2) is 24.3 Å². The van der Waals surface area contributed by atoms with Gasteiger partial charge in [0.1, 0.15) is 0 Å². The molecule has 0 aromatic heterocycles. The van der Waals surface area contributed by atoms with E-state index in [0.717, 1.165) is 5.56 Å². The van der Waals surface area contributed by atoms with Gasteiger partial charge in [0, 0.05) is 5.69 Å². The maximum absolute atomic E-state index is 11.7. The van der Waals surface area contributed by atoms with Crippen LogP contribution in [-0.4, -0.2) is 17.0 Å². The smallest absolute Gasteiger partial charge is 0.307 e. The van der Waals surface area contributed by atoms with Gasteiger partial charge in [0.2, 0.25) is 5.91 Å². The van der Waals surface area contributed by atoms with Gasteiger partial charge in [0.25, 0.3) is 0 Å². The number of nitriles is 1. The summed E-state index contributed by atoms with van der Waals surface area (Å²) in [4.78, 5) is 22.3. The first-order chi connectivity index (χ1) is 8.61. The molecule has 0 bridgehead atoms. The molecule has 1 aliphatic carbocycles. The molecule has 0 unspecified atom stereocenters. The van der Waals surface area contributed by atoms with Crippen molar-refractivity contribution in [1.82, 2.24) is 0 Å². The molecule has 1 saturated carbocycles. The fraction of sp³-hybridized carbons (Fsp3) is 0.308. The first-order valence-corrected chi connectivity index (χ1v) is 5.61. The van der Waals surface area contributed by atoms with Gasteiger partial charge in [-0.3, -0.25) is 9.59 Å². The summed E-state index contributed by atoms with van der Waals surface area (Å²) < 4.78 is 0. The Labute approximate surface area is 104 Å². The lowest BCUT2D eigenvalue weighted by molar-refractivity contribution is -0.139. The van der Waals surface area contributed by atoms with E-state index in [1.54, 1.807) is 24.3 Å². The number of carboxylic acid groups (broad SMARTS) is 1. The molecule has 5 nitrogen and oxygen atoms in total. The summed E-state index contributed by atoms with van der Waals surface area (Å²) in [7, 11) is 0. The fourth-order valence-electron chi connectivity index (χ4n) is 1.79. The van der Waals surface area contributed by atoms with E-state index >= 15 is 0 Å². The molecule has 2 N–H and O–H groups in total. The number of rotatable bonds is 4. The van der Waals surface area contributed by atoms with E-state index < -0.39 is 17.8 Å². The third-order valence-corrected chi connectivity index (χ3v) is 2.95. The predicted molar refractivity (Wildman–Crippen MR) is 63.6 cm³/mol. The molecule has 0 heterocycles. The zero-order chi connectivity index (χ0) is 13.1. The van der Waals surface area contributed by atoms with Crippen molar-refractivity contribution in [2.24, 2.45) is 11.8 Å². The average Bonchev–Trinajstić information content (AvgIpc) is 3.12. The normalized spacial score (nSPS) is 20.8. The maximum Gasteiger partial charge on any atom is 0.307 e. The molecule has 2 rings (SSSR count). The molecule has 1 aromatic carbocycles. The molecule has 2 atom stereocenters. The summed E-state index contributed by atoms with van der Waals surface area (Å²) in [5, 5.41) is 19.9. The molecule has 18 heavy (non-hydrogen) atoms. The number of hydrogen-bond donors (Lipinski definition) is 2. The van der Waals surface area contributed by atoms with E-state index in [1.165, 1.54) is 0 Å². The number of benzene rings is 1. The highest BCUT2D eigenvalue weighted by atomic mass is 16.4. The van der Waals surface area contributed by atoms with Crippen LogP contribution in [-0.2, 0) is 16.0 Å². The number of hydrogen-bond acceptors (Lipinski definition) is 3. The van der Waals surface area contributed by atoms with Crippen LogP contribution in [0.3, 0.4) is 0 Å². The van der Waals surface area contributed by atoms with Crippen LogP contribution in [0.25, 0.3) is 0 Å². The van der Waals surface area contributed by atoms with Crippen LogP contribution in [0.2, 0.25) is 0 Å². The Morgan fingerprint density at radius 3 is 2.50 bits per heavy atom. The number of carboxylic acids is 1. The van der Waals surface area contributed by atoms with Crippen LogP contribution in [0, 0.1) is 23.2 Å². The summed E-state index contributed by atoms with van der Waals surface area (Å²) >= 11 is 0. The summed E-state index contributed by atoms with van der Waals surface area (Å²) in [5.41, 5.74) is 1.50. The Kier molecular flexibility index (Phi) is 3.28.